The second-order valence-corrected chi connectivity index (χ2v) is 9.23. The number of nitrogens with one attached hydrogen (secondary N) is 2. The molecule has 0 bridgehead atoms. The smallest absolute Gasteiger partial charge is 0.337 e. The molecule has 1 unspecified atom stereocenters. The van der Waals surface area contributed by atoms with Crippen molar-refractivity contribution < 1.29 is 27.5 Å². The van der Waals surface area contributed by atoms with Crippen LogP contribution in [0.2, 0.25) is 0 Å². The Morgan fingerprint density at radius 2 is 1.81 bits per heavy atom. The normalized spacial score (nSPS) is 20.7. The van der Waals surface area contributed by atoms with E-state index in [2.05, 4.69) is 10.6 Å². The fourth-order valence-electron chi connectivity index (χ4n) is 3.65. The van der Waals surface area contributed by atoms with Gasteiger partial charge in [0.05, 0.1) is 30.2 Å². The Morgan fingerprint density at radius 1 is 1.16 bits per heavy atom. The van der Waals surface area contributed by atoms with Gasteiger partial charge in [0.25, 0.3) is 0 Å². The summed E-state index contributed by atoms with van der Waals surface area (Å²) < 4.78 is 37.5. The highest BCUT2D eigenvalue weighted by Crippen LogP contribution is 2.22. The lowest BCUT2D eigenvalue weighted by molar-refractivity contribution is -0.139. The number of amides is 2. The summed E-state index contributed by atoms with van der Waals surface area (Å²) in [6, 6.07) is 5.45. The first-order valence-electron chi connectivity index (χ1n) is 10.1. The first-order valence-corrected chi connectivity index (χ1v) is 11.5. The molecule has 3 rings (SSSR count). The highest BCUT2D eigenvalue weighted by Gasteiger charge is 2.33. The lowest BCUT2D eigenvalue weighted by atomic mass is 10.0. The summed E-state index contributed by atoms with van der Waals surface area (Å²) >= 11 is 0. The largest absolute Gasteiger partial charge is 0.497 e. The van der Waals surface area contributed by atoms with Crippen molar-refractivity contribution in [1.82, 2.24) is 19.8 Å². The fourth-order valence-corrected chi connectivity index (χ4v) is 5.07. The van der Waals surface area contributed by atoms with Crippen molar-refractivity contribution in [3.8, 4) is 5.75 Å². The molecule has 1 saturated heterocycles. The molecule has 0 aromatic heterocycles. The molecule has 2 N–H and O–H groups in total. The SMILES string of the molecule is CCOC(=O)C1=C(CN2CCN(S(=O)(=O)c3ccc(OC)cc3)CC2)NC(=O)NC1C. The average Bonchev–Trinajstić information content (AvgIpc) is 2.74. The minimum absolute atomic E-state index is 0.216. The molecule has 170 valence electrons. The number of ether oxygens (including phenoxy) is 2. The van der Waals surface area contributed by atoms with Gasteiger partial charge in [0.15, 0.2) is 0 Å². The number of hydrogen-bond donors (Lipinski definition) is 2. The summed E-state index contributed by atoms with van der Waals surface area (Å²) in [5, 5.41) is 5.37. The van der Waals surface area contributed by atoms with Crippen LogP contribution in [0.3, 0.4) is 0 Å². The zero-order chi connectivity index (χ0) is 22.6. The minimum Gasteiger partial charge on any atom is -0.497 e. The molecule has 1 aromatic carbocycles. The molecule has 0 radical (unpaired) electrons. The maximum atomic E-state index is 12.9. The quantitative estimate of drug-likeness (QED) is 0.579. The van der Waals surface area contributed by atoms with Gasteiger partial charge in [-0.3, -0.25) is 4.90 Å². The number of methoxy groups -OCH3 is 1. The van der Waals surface area contributed by atoms with E-state index in [0.29, 0.717) is 49.7 Å². The molecule has 1 fully saturated rings. The van der Waals surface area contributed by atoms with Crippen molar-refractivity contribution in [1.29, 1.82) is 0 Å². The minimum atomic E-state index is -3.61. The first kappa shape index (κ1) is 23.0. The molecular formula is C20H28N4O6S. The molecule has 0 aliphatic carbocycles. The standard InChI is InChI=1S/C20H28N4O6S/c1-4-30-19(25)18-14(2)21-20(26)22-17(18)13-23-9-11-24(12-10-23)31(27,28)16-7-5-15(29-3)6-8-16/h5-8,14H,4,9-13H2,1-3H3,(H2,21,22,26). The average molecular weight is 453 g/mol. The van der Waals surface area contributed by atoms with Gasteiger partial charge in [0, 0.05) is 38.4 Å². The van der Waals surface area contributed by atoms with E-state index < -0.39 is 22.0 Å². The zero-order valence-electron chi connectivity index (χ0n) is 17.9. The summed E-state index contributed by atoms with van der Waals surface area (Å²) in [6.45, 7) is 5.54. The monoisotopic (exact) mass is 452 g/mol. The van der Waals surface area contributed by atoms with Gasteiger partial charge >= 0.3 is 12.0 Å². The predicted octanol–water partition coefficient (Wildman–Crippen LogP) is 0.520. The summed E-state index contributed by atoms with van der Waals surface area (Å²) in [5.74, 6) is 0.117. The molecule has 2 amide bonds. The molecule has 1 atom stereocenters. The first-order chi connectivity index (χ1) is 14.8. The number of rotatable bonds is 7. The van der Waals surface area contributed by atoms with Crippen LogP contribution in [-0.2, 0) is 19.6 Å². The van der Waals surface area contributed by atoms with Gasteiger partial charge in [0.1, 0.15) is 5.75 Å². The van der Waals surface area contributed by atoms with Crippen molar-refractivity contribution in [3.63, 3.8) is 0 Å². The molecule has 2 heterocycles. The zero-order valence-corrected chi connectivity index (χ0v) is 18.7. The van der Waals surface area contributed by atoms with Gasteiger partial charge in [-0.2, -0.15) is 4.31 Å². The summed E-state index contributed by atoms with van der Waals surface area (Å²) in [6.07, 6.45) is 0. The van der Waals surface area contributed by atoms with E-state index in [4.69, 9.17) is 9.47 Å². The number of nitrogens with zero attached hydrogens (tertiary/aromatic N) is 2. The van der Waals surface area contributed by atoms with Crippen LogP contribution in [0.4, 0.5) is 4.79 Å². The van der Waals surface area contributed by atoms with Crippen LogP contribution in [-0.4, -0.2) is 82.1 Å². The third-order valence-electron chi connectivity index (χ3n) is 5.28. The Hall–Kier alpha value is -2.63. The van der Waals surface area contributed by atoms with Gasteiger partial charge in [-0.25, -0.2) is 18.0 Å². The Kier molecular flexibility index (Phi) is 7.19. The van der Waals surface area contributed by atoms with Crippen LogP contribution in [0.15, 0.2) is 40.4 Å². The van der Waals surface area contributed by atoms with E-state index in [1.165, 1.54) is 23.5 Å². The number of carbonyl (C=O) groups is 2. The summed E-state index contributed by atoms with van der Waals surface area (Å²) in [5.41, 5.74) is 0.871. The lowest BCUT2D eigenvalue weighted by Gasteiger charge is -2.36. The van der Waals surface area contributed by atoms with Crippen molar-refractivity contribution >= 4 is 22.0 Å². The van der Waals surface area contributed by atoms with Crippen LogP contribution in [0.25, 0.3) is 0 Å². The number of hydrogen-bond acceptors (Lipinski definition) is 7. The van der Waals surface area contributed by atoms with Crippen molar-refractivity contribution in [2.24, 2.45) is 0 Å². The van der Waals surface area contributed by atoms with E-state index >= 15 is 0 Å². The molecule has 10 nitrogen and oxygen atoms in total. The molecule has 0 spiro atoms. The van der Waals surface area contributed by atoms with E-state index in [1.54, 1.807) is 26.0 Å². The highest BCUT2D eigenvalue weighted by atomic mass is 32.2. The Labute approximate surface area is 182 Å². The number of benzene rings is 1. The molecule has 11 heteroatoms. The van der Waals surface area contributed by atoms with Crippen LogP contribution < -0.4 is 15.4 Å². The van der Waals surface area contributed by atoms with E-state index in [9.17, 15) is 18.0 Å². The second-order valence-electron chi connectivity index (χ2n) is 7.29. The molecule has 2 aliphatic rings. The van der Waals surface area contributed by atoms with Crippen LogP contribution in [0.1, 0.15) is 13.8 Å². The van der Waals surface area contributed by atoms with Gasteiger partial charge in [-0.1, -0.05) is 0 Å². The van der Waals surface area contributed by atoms with E-state index in [-0.39, 0.29) is 17.5 Å². The third kappa shape index (κ3) is 5.17. The molecule has 2 aliphatic heterocycles. The van der Waals surface area contributed by atoms with Crippen molar-refractivity contribution in [2.75, 3.05) is 46.4 Å². The maximum absolute atomic E-state index is 12.9. The molecule has 0 saturated carbocycles. The number of sulfonamides is 1. The molecular weight excluding hydrogens is 424 g/mol. The van der Waals surface area contributed by atoms with Gasteiger partial charge < -0.3 is 20.1 Å². The van der Waals surface area contributed by atoms with Crippen LogP contribution in [0, 0.1) is 0 Å². The Morgan fingerprint density at radius 3 is 2.39 bits per heavy atom. The van der Waals surface area contributed by atoms with Crippen molar-refractivity contribution in [2.45, 2.75) is 24.8 Å². The maximum Gasteiger partial charge on any atom is 0.337 e. The van der Waals surface area contributed by atoms with Gasteiger partial charge in [-0.05, 0) is 38.1 Å². The van der Waals surface area contributed by atoms with E-state index in [1.807, 2.05) is 4.90 Å². The lowest BCUT2D eigenvalue weighted by Crippen LogP contribution is -2.54. The van der Waals surface area contributed by atoms with E-state index in [0.717, 1.165) is 0 Å². The van der Waals surface area contributed by atoms with Gasteiger partial charge in [-0.15, -0.1) is 0 Å². The van der Waals surface area contributed by atoms with Gasteiger partial charge in [0.2, 0.25) is 10.0 Å². The number of carbonyl (C=O) groups excluding carboxylic acids is 2. The summed E-state index contributed by atoms with van der Waals surface area (Å²) in [4.78, 5) is 26.5. The Balaban J connectivity index is 1.68. The second kappa shape index (κ2) is 9.67. The summed E-state index contributed by atoms with van der Waals surface area (Å²) in [7, 11) is -2.08. The molecule has 31 heavy (non-hydrogen) atoms. The fraction of sp³-hybridized carbons (Fsp3) is 0.500. The number of esters is 1. The molecule has 1 aromatic rings. The Bertz CT molecular complexity index is 952. The van der Waals surface area contributed by atoms with Crippen LogP contribution >= 0.6 is 0 Å². The predicted molar refractivity (Wildman–Crippen MR) is 113 cm³/mol. The number of piperazine rings is 1. The number of urea groups is 1. The topological polar surface area (TPSA) is 117 Å². The van der Waals surface area contributed by atoms with Crippen LogP contribution in [0.5, 0.6) is 5.75 Å². The van der Waals surface area contributed by atoms with Crippen molar-refractivity contribution in [3.05, 3.63) is 35.5 Å². The highest BCUT2D eigenvalue weighted by molar-refractivity contribution is 7.89. The third-order valence-corrected chi connectivity index (χ3v) is 7.19.